The first-order valence-corrected chi connectivity index (χ1v) is 7.74. The molecule has 0 N–H and O–H groups in total. The van der Waals surface area contributed by atoms with E-state index in [4.69, 9.17) is 4.74 Å². The smallest absolute Gasteiger partial charge is 0.269 e. The van der Waals surface area contributed by atoms with Crippen molar-refractivity contribution < 1.29 is 14.5 Å². The SMILES string of the molecule is C[C@@H]1CN(C(=O)CSc2ccc([N+](=O)[O-])cc2)[C@H](C)CO1. The average Bonchev–Trinajstić information content (AvgIpc) is 2.47. The number of nitrogens with zero attached hydrogens (tertiary/aromatic N) is 2. The predicted octanol–water partition coefficient (Wildman–Crippen LogP) is 2.32. The summed E-state index contributed by atoms with van der Waals surface area (Å²) in [6.45, 7) is 5.10. The predicted molar refractivity (Wildman–Crippen MR) is 80.4 cm³/mol. The van der Waals surface area contributed by atoms with Crippen molar-refractivity contribution in [1.82, 2.24) is 4.90 Å². The number of benzene rings is 1. The van der Waals surface area contributed by atoms with Gasteiger partial charge in [-0.3, -0.25) is 14.9 Å². The molecule has 2 rings (SSSR count). The van der Waals surface area contributed by atoms with E-state index in [1.807, 2.05) is 18.7 Å². The summed E-state index contributed by atoms with van der Waals surface area (Å²) in [4.78, 5) is 25.1. The van der Waals surface area contributed by atoms with E-state index in [9.17, 15) is 14.9 Å². The second-order valence-electron chi connectivity index (χ2n) is 5.08. The Bertz CT molecular complexity index is 520. The van der Waals surface area contributed by atoms with Crippen LogP contribution in [0, 0.1) is 10.1 Å². The van der Waals surface area contributed by atoms with Crippen molar-refractivity contribution in [2.75, 3.05) is 18.9 Å². The number of hydrogen-bond acceptors (Lipinski definition) is 5. The normalized spacial score (nSPS) is 22.1. The maximum Gasteiger partial charge on any atom is 0.269 e. The van der Waals surface area contributed by atoms with Gasteiger partial charge in [0, 0.05) is 23.6 Å². The summed E-state index contributed by atoms with van der Waals surface area (Å²) >= 11 is 1.39. The van der Waals surface area contributed by atoms with Crippen LogP contribution in [0.2, 0.25) is 0 Å². The third-order valence-corrected chi connectivity index (χ3v) is 4.33. The standard InChI is InChI=1S/C14H18N2O4S/c1-10-8-20-11(2)7-15(10)14(17)9-21-13-5-3-12(4-6-13)16(18)19/h3-6,10-11H,7-9H2,1-2H3/t10-,11-/m1/s1. The lowest BCUT2D eigenvalue weighted by molar-refractivity contribution is -0.384. The molecule has 1 aromatic rings. The Morgan fingerprint density at radius 3 is 2.71 bits per heavy atom. The van der Waals surface area contributed by atoms with Crippen LogP contribution in [0.1, 0.15) is 13.8 Å². The summed E-state index contributed by atoms with van der Waals surface area (Å²) in [5.41, 5.74) is 0.0568. The van der Waals surface area contributed by atoms with Crippen LogP contribution >= 0.6 is 11.8 Å². The molecule has 7 heteroatoms. The van der Waals surface area contributed by atoms with E-state index in [0.717, 1.165) is 4.90 Å². The number of thioether (sulfide) groups is 1. The number of ether oxygens (including phenoxy) is 1. The summed E-state index contributed by atoms with van der Waals surface area (Å²) in [6.07, 6.45) is 0.0644. The number of carbonyl (C=O) groups is 1. The first kappa shape index (κ1) is 15.8. The van der Waals surface area contributed by atoms with Crippen LogP contribution in [0.5, 0.6) is 0 Å². The molecule has 6 nitrogen and oxygen atoms in total. The van der Waals surface area contributed by atoms with Crippen molar-refractivity contribution in [3.05, 3.63) is 34.4 Å². The van der Waals surface area contributed by atoms with Crippen molar-refractivity contribution in [2.45, 2.75) is 30.9 Å². The number of carbonyl (C=O) groups excluding carboxylic acids is 1. The molecule has 1 heterocycles. The van der Waals surface area contributed by atoms with Gasteiger partial charge in [-0.2, -0.15) is 0 Å². The zero-order chi connectivity index (χ0) is 15.4. The van der Waals surface area contributed by atoms with Crippen LogP contribution in [0.15, 0.2) is 29.2 Å². The quantitative estimate of drug-likeness (QED) is 0.485. The fourth-order valence-electron chi connectivity index (χ4n) is 2.14. The second-order valence-corrected chi connectivity index (χ2v) is 6.13. The number of nitro groups is 1. The molecule has 2 atom stereocenters. The number of non-ortho nitro benzene ring substituents is 1. The molecule has 1 aliphatic rings. The van der Waals surface area contributed by atoms with Crippen LogP contribution in [0.25, 0.3) is 0 Å². The minimum Gasteiger partial charge on any atom is -0.375 e. The Hall–Kier alpha value is -1.60. The Labute approximate surface area is 127 Å². The lowest BCUT2D eigenvalue weighted by Gasteiger charge is -2.36. The molecule has 1 fully saturated rings. The Morgan fingerprint density at radius 2 is 2.10 bits per heavy atom. The molecule has 114 valence electrons. The maximum atomic E-state index is 12.2. The van der Waals surface area contributed by atoms with Crippen molar-refractivity contribution in [2.24, 2.45) is 0 Å². The Balaban J connectivity index is 1.89. The highest BCUT2D eigenvalue weighted by Gasteiger charge is 2.27. The molecule has 0 aromatic heterocycles. The molecule has 1 amide bonds. The highest BCUT2D eigenvalue weighted by atomic mass is 32.2. The van der Waals surface area contributed by atoms with Gasteiger partial charge in [0.05, 0.1) is 29.4 Å². The third kappa shape index (κ3) is 4.18. The van der Waals surface area contributed by atoms with E-state index in [0.29, 0.717) is 18.9 Å². The minimum atomic E-state index is -0.434. The van der Waals surface area contributed by atoms with Crippen LogP contribution in [0.4, 0.5) is 5.69 Å². The number of amides is 1. The molecule has 1 aliphatic heterocycles. The molecule has 0 saturated carbocycles. The third-order valence-electron chi connectivity index (χ3n) is 3.34. The van der Waals surface area contributed by atoms with Crippen molar-refractivity contribution in [3.8, 4) is 0 Å². The molecular weight excluding hydrogens is 292 g/mol. The Kier molecular flexibility index (Phi) is 5.19. The number of rotatable bonds is 4. The number of nitro benzene ring substituents is 1. The molecule has 1 aromatic carbocycles. The van der Waals surface area contributed by atoms with Crippen molar-refractivity contribution >= 4 is 23.4 Å². The second kappa shape index (κ2) is 6.91. The van der Waals surface area contributed by atoms with Gasteiger partial charge in [0.15, 0.2) is 0 Å². The monoisotopic (exact) mass is 310 g/mol. The first-order chi connectivity index (χ1) is 9.97. The van der Waals surface area contributed by atoms with Crippen molar-refractivity contribution in [1.29, 1.82) is 0 Å². The lowest BCUT2D eigenvalue weighted by Crippen LogP contribution is -2.50. The summed E-state index contributed by atoms with van der Waals surface area (Å²) in [7, 11) is 0. The average molecular weight is 310 g/mol. The molecular formula is C14H18N2O4S. The fraction of sp³-hybridized carbons (Fsp3) is 0.500. The highest BCUT2D eigenvalue weighted by Crippen LogP contribution is 2.22. The van der Waals surface area contributed by atoms with E-state index in [1.165, 1.54) is 23.9 Å². The van der Waals surface area contributed by atoms with Crippen molar-refractivity contribution in [3.63, 3.8) is 0 Å². The van der Waals surface area contributed by atoms with Gasteiger partial charge in [-0.15, -0.1) is 11.8 Å². The topological polar surface area (TPSA) is 72.7 Å². The van der Waals surface area contributed by atoms with Gasteiger partial charge in [-0.05, 0) is 26.0 Å². The van der Waals surface area contributed by atoms with Gasteiger partial charge >= 0.3 is 0 Å². The van der Waals surface area contributed by atoms with E-state index in [2.05, 4.69) is 0 Å². The molecule has 21 heavy (non-hydrogen) atoms. The van der Waals surface area contributed by atoms with E-state index >= 15 is 0 Å². The first-order valence-electron chi connectivity index (χ1n) is 6.75. The molecule has 0 unspecified atom stereocenters. The maximum absolute atomic E-state index is 12.2. The Morgan fingerprint density at radius 1 is 1.43 bits per heavy atom. The molecule has 0 spiro atoms. The van der Waals surface area contributed by atoms with Gasteiger partial charge in [0.2, 0.25) is 5.91 Å². The van der Waals surface area contributed by atoms with E-state index < -0.39 is 4.92 Å². The number of morpholine rings is 1. The summed E-state index contributed by atoms with van der Waals surface area (Å²) in [5.74, 6) is 0.399. The molecule has 0 bridgehead atoms. The number of hydrogen-bond donors (Lipinski definition) is 0. The summed E-state index contributed by atoms with van der Waals surface area (Å²) in [6, 6.07) is 6.33. The summed E-state index contributed by atoms with van der Waals surface area (Å²) < 4.78 is 5.50. The zero-order valence-electron chi connectivity index (χ0n) is 12.0. The summed E-state index contributed by atoms with van der Waals surface area (Å²) in [5, 5.41) is 10.6. The van der Waals surface area contributed by atoms with E-state index in [-0.39, 0.29) is 23.7 Å². The van der Waals surface area contributed by atoms with Crippen LogP contribution in [0.3, 0.4) is 0 Å². The zero-order valence-corrected chi connectivity index (χ0v) is 12.8. The van der Waals surface area contributed by atoms with Gasteiger partial charge < -0.3 is 9.64 Å². The van der Waals surface area contributed by atoms with Crippen LogP contribution in [-0.4, -0.2) is 46.8 Å². The van der Waals surface area contributed by atoms with Gasteiger partial charge in [-0.25, -0.2) is 0 Å². The molecule has 0 radical (unpaired) electrons. The highest BCUT2D eigenvalue weighted by molar-refractivity contribution is 8.00. The van der Waals surface area contributed by atoms with Gasteiger partial charge in [0.25, 0.3) is 5.69 Å². The fourth-order valence-corrected chi connectivity index (χ4v) is 2.93. The van der Waals surface area contributed by atoms with Crippen LogP contribution in [-0.2, 0) is 9.53 Å². The van der Waals surface area contributed by atoms with Crippen LogP contribution < -0.4 is 0 Å². The molecule has 0 aliphatic carbocycles. The lowest BCUT2D eigenvalue weighted by atomic mass is 10.2. The minimum absolute atomic E-state index is 0.0568. The van der Waals surface area contributed by atoms with Gasteiger partial charge in [-0.1, -0.05) is 0 Å². The van der Waals surface area contributed by atoms with E-state index in [1.54, 1.807) is 12.1 Å². The van der Waals surface area contributed by atoms with Gasteiger partial charge in [0.1, 0.15) is 0 Å². The molecule has 1 saturated heterocycles. The largest absolute Gasteiger partial charge is 0.375 e.